The third-order valence-corrected chi connectivity index (χ3v) is 4.26. The summed E-state index contributed by atoms with van der Waals surface area (Å²) in [7, 11) is 0. The molecule has 1 heterocycles. The molecule has 1 aromatic carbocycles. The lowest BCUT2D eigenvalue weighted by atomic mass is 9.86. The van der Waals surface area contributed by atoms with Crippen LogP contribution in [0.25, 0.3) is 0 Å². The zero-order chi connectivity index (χ0) is 18.6. The van der Waals surface area contributed by atoms with E-state index in [-0.39, 0.29) is 23.8 Å². The minimum Gasteiger partial charge on any atom is -0.482 e. The molecule has 0 spiro atoms. The Bertz CT molecular complexity index is 632. The summed E-state index contributed by atoms with van der Waals surface area (Å²) in [5.41, 5.74) is 1.97. The number of rotatable bonds is 6. The van der Waals surface area contributed by atoms with Crippen LogP contribution in [0.15, 0.2) is 18.2 Å². The molecule has 1 aliphatic rings. The number of nitrogens with zero attached hydrogens (tertiary/aromatic N) is 1. The van der Waals surface area contributed by atoms with Crippen LogP contribution in [0.4, 0.5) is 5.69 Å². The van der Waals surface area contributed by atoms with Gasteiger partial charge in [0, 0.05) is 19.5 Å². The fourth-order valence-electron chi connectivity index (χ4n) is 2.72. The molecule has 5 heteroatoms. The summed E-state index contributed by atoms with van der Waals surface area (Å²) < 4.78 is 5.56. The van der Waals surface area contributed by atoms with E-state index in [1.807, 2.05) is 18.2 Å². The summed E-state index contributed by atoms with van der Waals surface area (Å²) in [6, 6.07) is 6.02. The molecule has 0 bridgehead atoms. The van der Waals surface area contributed by atoms with E-state index in [2.05, 4.69) is 39.9 Å². The van der Waals surface area contributed by atoms with Gasteiger partial charge in [0.25, 0.3) is 5.91 Å². The lowest BCUT2D eigenvalue weighted by Crippen LogP contribution is -2.40. The molecule has 0 aliphatic carbocycles. The molecule has 0 unspecified atom stereocenters. The van der Waals surface area contributed by atoms with Crippen molar-refractivity contribution in [2.24, 2.45) is 5.92 Å². The lowest BCUT2D eigenvalue weighted by Gasteiger charge is -2.31. The Morgan fingerprint density at radius 2 is 2.04 bits per heavy atom. The van der Waals surface area contributed by atoms with Gasteiger partial charge < -0.3 is 15.0 Å². The number of hydrogen-bond acceptors (Lipinski definition) is 3. The summed E-state index contributed by atoms with van der Waals surface area (Å²) >= 11 is 0. The first-order valence-corrected chi connectivity index (χ1v) is 9.03. The highest BCUT2D eigenvalue weighted by molar-refractivity contribution is 5.98. The van der Waals surface area contributed by atoms with E-state index in [0.29, 0.717) is 31.8 Å². The molecule has 2 rings (SSSR count). The molecule has 0 saturated carbocycles. The summed E-state index contributed by atoms with van der Waals surface area (Å²) in [5, 5.41) is 2.91. The lowest BCUT2D eigenvalue weighted by molar-refractivity contribution is -0.122. The Kier molecular flexibility index (Phi) is 6.09. The summed E-state index contributed by atoms with van der Waals surface area (Å²) in [4.78, 5) is 25.9. The maximum absolute atomic E-state index is 12.3. The molecule has 0 atom stereocenters. The zero-order valence-electron chi connectivity index (χ0n) is 16.0. The molecule has 1 N–H and O–H groups in total. The van der Waals surface area contributed by atoms with E-state index in [0.717, 1.165) is 17.0 Å². The molecule has 1 aromatic rings. The Morgan fingerprint density at radius 3 is 2.68 bits per heavy atom. The topological polar surface area (TPSA) is 58.6 Å². The minimum atomic E-state index is -0.0545. The highest BCUT2D eigenvalue weighted by atomic mass is 16.5. The van der Waals surface area contributed by atoms with E-state index >= 15 is 0 Å². The molecule has 0 radical (unpaired) electrons. The van der Waals surface area contributed by atoms with Crippen LogP contribution in [-0.2, 0) is 15.0 Å². The van der Waals surface area contributed by atoms with E-state index < -0.39 is 0 Å². The van der Waals surface area contributed by atoms with Crippen LogP contribution >= 0.6 is 0 Å². The zero-order valence-corrected chi connectivity index (χ0v) is 16.0. The number of benzene rings is 1. The third-order valence-electron chi connectivity index (χ3n) is 4.26. The SMILES string of the molecule is CC(C)CNC(=O)CCCN1C(=O)COc2ccc(C(C)(C)C)cc21. The van der Waals surface area contributed by atoms with Crippen molar-refractivity contribution in [3.8, 4) is 5.75 Å². The standard InChI is InChI=1S/C20H30N2O3/c1-14(2)12-21-18(23)7-6-10-22-16-11-15(20(3,4)5)8-9-17(16)25-13-19(22)24/h8-9,11,14H,6-7,10,12-13H2,1-5H3,(H,21,23). The van der Waals surface area contributed by atoms with Crippen LogP contribution in [0.1, 0.15) is 53.0 Å². The van der Waals surface area contributed by atoms with E-state index in [9.17, 15) is 9.59 Å². The van der Waals surface area contributed by atoms with Crippen molar-refractivity contribution in [1.82, 2.24) is 5.32 Å². The monoisotopic (exact) mass is 346 g/mol. The summed E-state index contributed by atoms with van der Waals surface area (Å²) in [6.45, 7) is 11.8. The summed E-state index contributed by atoms with van der Waals surface area (Å²) in [5.74, 6) is 1.16. The van der Waals surface area contributed by atoms with Crippen LogP contribution in [0.3, 0.4) is 0 Å². The maximum atomic E-state index is 12.3. The quantitative estimate of drug-likeness (QED) is 0.860. The van der Waals surface area contributed by atoms with Crippen molar-refractivity contribution < 1.29 is 14.3 Å². The minimum absolute atomic E-state index is 0.00206. The first-order chi connectivity index (χ1) is 11.7. The smallest absolute Gasteiger partial charge is 0.265 e. The van der Waals surface area contributed by atoms with Gasteiger partial charge in [0.05, 0.1) is 5.69 Å². The van der Waals surface area contributed by atoms with Crippen molar-refractivity contribution in [3.05, 3.63) is 23.8 Å². The number of anilines is 1. The van der Waals surface area contributed by atoms with Crippen molar-refractivity contribution in [2.45, 2.75) is 52.9 Å². The molecular weight excluding hydrogens is 316 g/mol. The number of amides is 2. The average molecular weight is 346 g/mol. The van der Waals surface area contributed by atoms with Crippen LogP contribution < -0.4 is 15.0 Å². The first-order valence-electron chi connectivity index (χ1n) is 9.03. The molecule has 0 fully saturated rings. The first kappa shape index (κ1) is 19.3. The van der Waals surface area contributed by atoms with Crippen LogP contribution in [0.5, 0.6) is 5.75 Å². The van der Waals surface area contributed by atoms with Gasteiger partial charge in [-0.15, -0.1) is 0 Å². The number of fused-ring (bicyclic) bond motifs is 1. The van der Waals surface area contributed by atoms with E-state index in [1.54, 1.807) is 4.90 Å². The predicted molar refractivity (Wildman–Crippen MR) is 100 cm³/mol. The van der Waals surface area contributed by atoms with Gasteiger partial charge in [0.15, 0.2) is 6.61 Å². The van der Waals surface area contributed by atoms with Gasteiger partial charge in [-0.2, -0.15) is 0 Å². The molecule has 25 heavy (non-hydrogen) atoms. The van der Waals surface area contributed by atoms with Gasteiger partial charge in [-0.3, -0.25) is 9.59 Å². The van der Waals surface area contributed by atoms with Gasteiger partial charge in [0.1, 0.15) is 5.75 Å². The predicted octanol–water partition coefficient (Wildman–Crippen LogP) is 3.26. The van der Waals surface area contributed by atoms with Gasteiger partial charge in [0.2, 0.25) is 5.91 Å². The van der Waals surface area contributed by atoms with E-state index in [4.69, 9.17) is 4.74 Å². The largest absolute Gasteiger partial charge is 0.482 e. The molecular formula is C20H30N2O3. The maximum Gasteiger partial charge on any atom is 0.265 e. The Hall–Kier alpha value is -2.04. The Balaban J connectivity index is 2.04. The number of carbonyl (C=O) groups is 2. The number of carbonyl (C=O) groups excluding carboxylic acids is 2. The number of nitrogens with one attached hydrogen (secondary N) is 1. The van der Waals surface area contributed by atoms with Crippen LogP contribution in [0.2, 0.25) is 0 Å². The van der Waals surface area contributed by atoms with Gasteiger partial charge >= 0.3 is 0 Å². The molecule has 1 aliphatic heterocycles. The summed E-state index contributed by atoms with van der Waals surface area (Å²) in [6.07, 6.45) is 1.06. The average Bonchev–Trinajstić information content (AvgIpc) is 2.53. The highest BCUT2D eigenvalue weighted by Gasteiger charge is 2.27. The second-order valence-electron chi connectivity index (χ2n) is 8.07. The van der Waals surface area contributed by atoms with Crippen molar-refractivity contribution in [2.75, 3.05) is 24.6 Å². The highest BCUT2D eigenvalue weighted by Crippen LogP contribution is 2.36. The van der Waals surface area contributed by atoms with Crippen molar-refractivity contribution in [3.63, 3.8) is 0 Å². The normalized spacial score (nSPS) is 14.3. The van der Waals surface area contributed by atoms with Gasteiger partial charge in [-0.05, 0) is 35.4 Å². The number of hydrogen-bond donors (Lipinski definition) is 1. The van der Waals surface area contributed by atoms with Crippen LogP contribution in [0, 0.1) is 5.92 Å². The third kappa shape index (κ3) is 5.21. The Morgan fingerprint density at radius 1 is 1.32 bits per heavy atom. The van der Waals surface area contributed by atoms with Crippen molar-refractivity contribution in [1.29, 1.82) is 0 Å². The fourth-order valence-corrected chi connectivity index (χ4v) is 2.72. The fraction of sp³-hybridized carbons (Fsp3) is 0.600. The molecule has 5 nitrogen and oxygen atoms in total. The van der Waals surface area contributed by atoms with Gasteiger partial charge in [-0.25, -0.2) is 0 Å². The molecule has 0 saturated heterocycles. The second kappa shape index (κ2) is 7.89. The van der Waals surface area contributed by atoms with Crippen LogP contribution in [-0.4, -0.2) is 31.5 Å². The molecule has 2 amide bonds. The molecule has 0 aromatic heterocycles. The van der Waals surface area contributed by atoms with E-state index in [1.165, 1.54) is 0 Å². The molecule has 138 valence electrons. The second-order valence-corrected chi connectivity index (χ2v) is 8.07. The Labute approximate surface area is 150 Å². The van der Waals surface area contributed by atoms with Gasteiger partial charge in [-0.1, -0.05) is 40.7 Å². The number of ether oxygens (including phenoxy) is 1. The van der Waals surface area contributed by atoms with Crippen molar-refractivity contribution >= 4 is 17.5 Å².